The van der Waals surface area contributed by atoms with Gasteiger partial charge in [-0.1, -0.05) is 3.89 Å². The number of rotatable bonds is 1. The molecule has 1 N–H and O–H groups in total. The Balaban J connectivity index is 3.29. The first-order chi connectivity index (χ1) is 4.91. The minimum atomic E-state index is -4.58. The molecule has 0 bridgehead atoms. The van der Waals surface area contributed by atoms with Crippen LogP contribution < -0.4 is 4.57 Å². The fourth-order valence-corrected chi connectivity index (χ4v) is 1.25. The molecule has 62 valence electrons. The topological polar surface area (TPSA) is 53.8 Å². The van der Waals surface area contributed by atoms with Crippen LogP contribution in [0.1, 0.15) is 5.82 Å². The highest BCUT2D eigenvalue weighted by Gasteiger charge is 2.21. The molecule has 0 fully saturated rings. The maximum absolute atomic E-state index is 12.2. The van der Waals surface area contributed by atoms with Gasteiger partial charge >= 0.3 is 10.2 Å². The van der Waals surface area contributed by atoms with Gasteiger partial charge in [0.25, 0.3) is 10.9 Å². The Bertz CT molecular complexity index is 348. The lowest BCUT2D eigenvalue weighted by molar-refractivity contribution is -0.677. The Morgan fingerprint density at radius 1 is 1.64 bits per heavy atom. The van der Waals surface area contributed by atoms with Crippen LogP contribution in [0.15, 0.2) is 11.2 Å². The summed E-state index contributed by atoms with van der Waals surface area (Å²) in [7, 11) is -2.96. The quantitative estimate of drug-likeness (QED) is 0.479. The van der Waals surface area contributed by atoms with Crippen LogP contribution in [0.2, 0.25) is 0 Å². The van der Waals surface area contributed by atoms with E-state index in [0.717, 1.165) is 0 Å². The Kier molecular flexibility index (Phi) is 1.71. The first kappa shape index (κ1) is 8.19. The van der Waals surface area contributed by atoms with Gasteiger partial charge in [-0.15, -0.1) is 0 Å². The third-order valence-corrected chi connectivity index (χ3v) is 2.14. The number of H-pyrrole nitrogens is 1. The summed E-state index contributed by atoms with van der Waals surface area (Å²) in [6.07, 6.45) is 1.19. The number of hydrogen-bond donors (Lipinski definition) is 1. The van der Waals surface area contributed by atoms with E-state index in [9.17, 15) is 12.3 Å². The summed E-state index contributed by atoms with van der Waals surface area (Å²) in [6, 6.07) is 0. The van der Waals surface area contributed by atoms with Crippen molar-refractivity contribution in [2.45, 2.75) is 11.9 Å². The van der Waals surface area contributed by atoms with Gasteiger partial charge in [-0.3, -0.25) is 0 Å². The Labute approximate surface area is 63.9 Å². The molecular weight excluding hydrogens is 171 g/mol. The predicted octanol–water partition coefficient (Wildman–Crippen LogP) is -0.194. The third kappa shape index (κ3) is 1.56. The van der Waals surface area contributed by atoms with Gasteiger partial charge in [-0.05, 0) is 0 Å². The summed E-state index contributed by atoms with van der Waals surface area (Å²) >= 11 is 0. The molecule has 1 rings (SSSR count). The van der Waals surface area contributed by atoms with Crippen LogP contribution in [0, 0.1) is 6.92 Å². The molecule has 0 aliphatic rings. The van der Waals surface area contributed by atoms with E-state index < -0.39 is 15.2 Å². The lowest BCUT2D eigenvalue weighted by Gasteiger charge is -1.77. The lowest BCUT2D eigenvalue weighted by atomic mass is 10.7. The van der Waals surface area contributed by atoms with Crippen LogP contribution in [-0.2, 0) is 17.3 Å². The second-order valence-electron chi connectivity index (χ2n) is 2.25. The van der Waals surface area contributed by atoms with E-state index in [0.29, 0.717) is 5.82 Å². The summed E-state index contributed by atoms with van der Waals surface area (Å²) in [5.41, 5.74) is 0. The summed E-state index contributed by atoms with van der Waals surface area (Å²) in [6.45, 7) is 1.65. The van der Waals surface area contributed by atoms with Crippen molar-refractivity contribution in [2.24, 2.45) is 7.05 Å². The van der Waals surface area contributed by atoms with Crippen LogP contribution in [-0.4, -0.2) is 13.4 Å². The molecular formula is C5H8FN2O2S+. The van der Waals surface area contributed by atoms with Gasteiger partial charge < -0.3 is 0 Å². The zero-order valence-corrected chi connectivity index (χ0v) is 6.94. The number of aryl methyl sites for hydroxylation is 2. The van der Waals surface area contributed by atoms with Gasteiger partial charge in [0.1, 0.15) is 0 Å². The van der Waals surface area contributed by atoms with E-state index in [1.54, 1.807) is 14.0 Å². The monoisotopic (exact) mass is 179 g/mol. The highest BCUT2D eigenvalue weighted by atomic mass is 32.3. The van der Waals surface area contributed by atoms with Gasteiger partial charge in [0.15, 0.2) is 6.20 Å². The van der Waals surface area contributed by atoms with Crippen molar-refractivity contribution in [3.8, 4) is 0 Å². The molecule has 0 spiro atoms. The molecule has 0 saturated heterocycles. The van der Waals surface area contributed by atoms with Crippen LogP contribution in [0.5, 0.6) is 0 Å². The van der Waals surface area contributed by atoms with Gasteiger partial charge in [-0.2, -0.15) is 8.42 Å². The van der Waals surface area contributed by atoms with Crippen LogP contribution in [0.4, 0.5) is 3.89 Å². The predicted molar refractivity (Wildman–Crippen MR) is 35.0 cm³/mol. The average molecular weight is 179 g/mol. The van der Waals surface area contributed by atoms with Gasteiger partial charge in [-0.25, -0.2) is 9.55 Å². The molecule has 11 heavy (non-hydrogen) atoms. The Morgan fingerprint density at radius 3 is 2.36 bits per heavy atom. The highest BCUT2D eigenvalue weighted by Crippen LogP contribution is 2.05. The molecule has 0 aromatic carbocycles. The fourth-order valence-electron chi connectivity index (χ4n) is 0.695. The van der Waals surface area contributed by atoms with Gasteiger partial charge in [0, 0.05) is 6.92 Å². The number of hydrogen-bond acceptors (Lipinski definition) is 2. The molecule has 0 radical (unpaired) electrons. The van der Waals surface area contributed by atoms with Crippen molar-refractivity contribution < 1.29 is 16.9 Å². The summed E-state index contributed by atoms with van der Waals surface area (Å²) in [4.78, 5) is 2.38. The van der Waals surface area contributed by atoms with E-state index in [1.807, 2.05) is 0 Å². The van der Waals surface area contributed by atoms with E-state index >= 15 is 0 Å². The summed E-state index contributed by atoms with van der Waals surface area (Å²) < 4.78 is 34.3. The molecule has 0 aliphatic carbocycles. The zero-order chi connectivity index (χ0) is 8.65. The number of imidazole rings is 1. The lowest BCUT2D eigenvalue weighted by Crippen LogP contribution is -2.28. The molecule has 0 saturated carbocycles. The van der Waals surface area contributed by atoms with Crippen molar-refractivity contribution in [1.29, 1.82) is 0 Å². The second kappa shape index (κ2) is 2.30. The Morgan fingerprint density at radius 2 is 2.18 bits per heavy atom. The first-order valence-electron chi connectivity index (χ1n) is 2.91. The number of nitrogens with one attached hydrogen (secondary N) is 1. The van der Waals surface area contributed by atoms with Crippen molar-refractivity contribution in [3.63, 3.8) is 0 Å². The maximum Gasteiger partial charge on any atom is 0.373 e. The average Bonchev–Trinajstić information content (AvgIpc) is 2.11. The maximum atomic E-state index is 12.2. The van der Waals surface area contributed by atoms with E-state index in [1.165, 1.54) is 10.8 Å². The smallest absolute Gasteiger partial charge is 0.236 e. The minimum absolute atomic E-state index is 0.405. The van der Waals surface area contributed by atoms with Crippen molar-refractivity contribution in [2.75, 3.05) is 0 Å². The molecule has 4 nitrogen and oxygen atoms in total. The summed E-state index contributed by atoms with van der Waals surface area (Å²) in [5.74, 6) is 0.584. The second-order valence-corrected chi connectivity index (χ2v) is 3.57. The largest absolute Gasteiger partial charge is 0.373 e. The highest BCUT2D eigenvalue weighted by molar-refractivity contribution is 7.86. The Hall–Kier alpha value is -0.910. The van der Waals surface area contributed by atoms with Crippen LogP contribution in [0.25, 0.3) is 0 Å². The van der Waals surface area contributed by atoms with Crippen LogP contribution >= 0.6 is 0 Å². The van der Waals surface area contributed by atoms with Crippen LogP contribution in [0.3, 0.4) is 0 Å². The van der Waals surface area contributed by atoms with Crippen molar-refractivity contribution >= 4 is 10.2 Å². The summed E-state index contributed by atoms with van der Waals surface area (Å²) in [5, 5.41) is -0.405. The SMILES string of the molecule is Cc1[nH]c(S(=O)(=O)F)c[n+]1C. The van der Waals surface area contributed by atoms with Crippen molar-refractivity contribution in [1.82, 2.24) is 4.98 Å². The molecule has 1 heterocycles. The number of aromatic nitrogens is 2. The molecule has 0 unspecified atom stereocenters. The van der Waals surface area contributed by atoms with Gasteiger partial charge in [0.2, 0.25) is 0 Å². The molecule has 6 heteroatoms. The normalized spacial score (nSPS) is 11.9. The standard InChI is InChI=1S/C5H7FN2O2S/c1-4-7-5(3-8(4)2)11(6,9)10/h3H,1-2H3/p+1. The molecule has 0 amide bonds. The zero-order valence-electron chi connectivity index (χ0n) is 6.13. The minimum Gasteiger partial charge on any atom is -0.236 e. The number of nitrogens with zero attached hydrogens (tertiary/aromatic N) is 1. The fraction of sp³-hybridized carbons (Fsp3) is 0.400. The van der Waals surface area contributed by atoms with Crippen molar-refractivity contribution in [3.05, 3.63) is 12.0 Å². The molecule has 0 atom stereocenters. The first-order valence-corrected chi connectivity index (χ1v) is 4.29. The molecule has 1 aromatic rings. The molecule has 0 aliphatic heterocycles. The van der Waals surface area contributed by atoms with E-state index in [4.69, 9.17) is 0 Å². The number of aromatic amines is 1. The third-order valence-electron chi connectivity index (χ3n) is 1.41. The van der Waals surface area contributed by atoms with E-state index in [-0.39, 0.29) is 0 Å². The van der Waals surface area contributed by atoms with E-state index in [2.05, 4.69) is 4.98 Å². The molecule has 1 aromatic heterocycles. The van der Waals surface area contributed by atoms with Gasteiger partial charge in [0.05, 0.1) is 7.05 Å². The number of halogens is 1.